The Labute approximate surface area is 112 Å². The molecule has 98 valence electrons. The van der Waals surface area contributed by atoms with Gasteiger partial charge in [0.1, 0.15) is 13.2 Å². The summed E-state index contributed by atoms with van der Waals surface area (Å²) >= 11 is 1.90. The maximum absolute atomic E-state index is 6.11. The van der Waals surface area contributed by atoms with Crippen molar-refractivity contribution in [3.8, 4) is 11.5 Å². The highest BCUT2D eigenvalue weighted by Gasteiger charge is 2.19. The van der Waals surface area contributed by atoms with E-state index < -0.39 is 0 Å². The third-order valence-corrected chi connectivity index (χ3v) is 4.93. The Bertz CT molecular complexity index is 430. The van der Waals surface area contributed by atoms with Crippen LogP contribution < -0.4 is 15.2 Å². The lowest BCUT2D eigenvalue weighted by Crippen LogP contribution is -2.16. The molecule has 0 spiro atoms. The summed E-state index contributed by atoms with van der Waals surface area (Å²) in [5, 5.41) is 0.712. The molecule has 3 rings (SSSR count). The van der Waals surface area contributed by atoms with Gasteiger partial charge in [0.05, 0.1) is 0 Å². The van der Waals surface area contributed by atoms with Crippen LogP contribution in [0.2, 0.25) is 0 Å². The number of anilines is 1. The van der Waals surface area contributed by atoms with E-state index in [0.29, 0.717) is 18.5 Å². The van der Waals surface area contributed by atoms with Gasteiger partial charge >= 0.3 is 0 Å². The van der Waals surface area contributed by atoms with E-state index in [-0.39, 0.29) is 0 Å². The Morgan fingerprint density at radius 1 is 1.00 bits per heavy atom. The summed E-state index contributed by atoms with van der Waals surface area (Å²) in [6, 6.07) is 3.95. The van der Waals surface area contributed by atoms with Crippen molar-refractivity contribution in [2.75, 3.05) is 18.9 Å². The fourth-order valence-corrected chi connectivity index (χ4v) is 3.85. The molecule has 1 aromatic rings. The van der Waals surface area contributed by atoms with Crippen molar-refractivity contribution < 1.29 is 9.47 Å². The highest BCUT2D eigenvalue weighted by Crippen LogP contribution is 2.42. The summed E-state index contributed by atoms with van der Waals surface area (Å²) in [6.45, 7) is 1.24. The number of hydrogen-bond donors (Lipinski definition) is 1. The number of thioether (sulfide) groups is 1. The van der Waals surface area contributed by atoms with Gasteiger partial charge in [-0.2, -0.15) is 0 Å². The van der Waals surface area contributed by atoms with Gasteiger partial charge in [-0.3, -0.25) is 0 Å². The Kier molecular flexibility index (Phi) is 3.55. The number of benzene rings is 1. The predicted octanol–water partition coefficient (Wildman–Crippen LogP) is 3.46. The van der Waals surface area contributed by atoms with Crippen molar-refractivity contribution in [2.24, 2.45) is 0 Å². The average Bonchev–Trinajstić information content (AvgIpc) is 2.41. The van der Waals surface area contributed by atoms with E-state index in [4.69, 9.17) is 15.2 Å². The topological polar surface area (TPSA) is 44.5 Å². The molecule has 1 heterocycles. The number of hydrogen-bond acceptors (Lipinski definition) is 4. The van der Waals surface area contributed by atoms with Crippen LogP contribution in [0.3, 0.4) is 0 Å². The van der Waals surface area contributed by atoms with Crippen molar-refractivity contribution in [2.45, 2.75) is 42.2 Å². The molecule has 18 heavy (non-hydrogen) atoms. The zero-order valence-electron chi connectivity index (χ0n) is 10.5. The lowest BCUT2D eigenvalue weighted by molar-refractivity contribution is 0.171. The van der Waals surface area contributed by atoms with Crippen molar-refractivity contribution in [1.29, 1.82) is 0 Å². The zero-order chi connectivity index (χ0) is 12.4. The predicted molar refractivity (Wildman–Crippen MR) is 74.6 cm³/mol. The lowest BCUT2D eigenvalue weighted by atomic mass is 10.0. The van der Waals surface area contributed by atoms with Gasteiger partial charge in [-0.15, -0.1) is 11.8 Å². The van der Waals surface area contributed by atoms with Crippen LogP contribution >= 0.6 is 11.8 Å². The van der Waals surface area contributed by atoms with Crippen LogP contribution in [0.5, 0.6) is 11.5 Å². The van der Waals surface area contributed by atoms with Gasteiger partial charge in [-0.05, 0) is 18.9 Å². The van der Waals surface area contributed by atoms with Gasteiger partial charge in [0.15, 0.2) is 11.5 Å². The fourth-order valence-electron chi connectivity index (χ4n) is 2.55. The molecular formula is C14H19NO2S. The molecule has 3 nitrogen and oxygen atoms in total. The van der Waals surface area contributed by atoms with E-state index in [2.05, 4.69) is 0 Å². The van der Waals surface area contributed by atoms with Gasteiger partial charge in [0.2, 0.25) is 0 Å². The maximum Gasteiger partial charge on any atom is 0.163 e. The molecule has 0 aromatic heterocycles. The minimum absolute atomic E-state index is 0.613. The van der Waals surface area contributed by atoms with E-state index in [9.17, 15) is 0 Å². The van der Waals surface area contributed by atoms with Crippen LogP contribution in [0, 0.1) is 0 Å². The Morgan fingerprint density at radius 2 is 1.67 bits per heavy atom. The van der Waals surface area contributed by atoms with Crippen LogP contribution in [0.15, 0.2) is 17.0 Å². The molecule has 0 saturated heterocycles. The highest BCUT2D eigenvalue weighted by atomic mass is 32.2. The first kappa shape index (κ1) is 12.0. The third kappa shape index (κ3) is 2.53. The molecule has 0 bridgehead atoms. The zero-order valence-corrected chi connectivity index (χ0v) is 11.3. The maximum atomic E-state index is 6.11. The summed E-state index contributed by atoms with van der Waals surface area (Å²) in [5.74, 6) is 1.63. The molecule has 0 unspecified atom stereocenters. The van der Waals surface area contributed by atoms with E-state index in [1.165, 1.54) is 32.1 Å². The highest BCUT2D eigenvalue weighted by molar-refractivity contribution is 8.00. The first-order valence-electron chi connectivity index (χ1n) is 6.69. The number of nitrogens with two attached hydrogens (primary N) is 1. The second kappa shape index (κ2) is 5.31. The first-order chi connectivity index (χ1) is 8.83. The Balaban J connectivity index is 1.78. The van der Waals surface area contributed by atoms with Crippen molar-refractivity contribution >= 4 is 17.4 Å². The molecular weight excluding hydrogens is 246 g/mol. The second-order valence-electron chi connectivity index (χ2n) is 4.91. The van der Waals surface area contributed by atoms with Crippen LogP contribution in [0.1, 0.15) is 32.1 Å². The quantitative estimate of drug-likeness (QED) is 0.832. The monoisotopic (exact) mass is 265 g/mol. The van der Waals surface area contributed by atoms with Gasteiger partial charge in [0, 0.05) is 21.9 Å². The van der Waals surface area contributed by atoms with Crippen LogP contribution in [-0.4, -0.2) is 18.5 Å². The number of nitrogen functional groups attached to an aromatic ring is 1. The van der Waals surface area contributed by atoms with E-state index in [1.807, 2.05) is 23.9 Å². The van der Waals surface area contributed by atoms with E-state index in [0.717, 1.165) is 22.1 Å². The van der Waals surface area contributed by atoms with Crippen molar-refractivity contribution in [1.82, 2.24) is 0 Å². The van der Waals surface area contributed by atoms with Gasteiger partial charge < -0.3 is 15.2 Å². The third-order valence-electron chi connectivity index (χ3n) is 3.52. The van der Waals surface area contributed by atoms with E-state index in [1.54, 1.807) is 0 Å². The molecule has 0 amide bonds. The second-order valence-corrected chi connectivity index (χ2v) is 6.25. The largest absolute Gasteiger partial charge is 0.486 e. The molecule has 2 N–H and O–H groups in total. The number of ether oxygens (including phenoxy) is 2. The van der Waals surface area contributed by atoms with Crippen LogP contribution in [0.25, 0.3) is 0 Å². The lowest BCUT2D eigenvalue weighted by Gasteiger charge is -2.24. The molecule has 0 atom stereocenters. The minimum Gasteiger partial charge on any atom is -0.486 e. The number of rotatable bonds is 2. The van der Waals surface area contributed by atoms with E-state index >= 15 is 0 Å². The Hall–Kier alpha value is -1.03. The van der Waals surface area contributed by atoms with Crippen molar-refractivity contribution in [3.63, 3.8) is 0 Å². The molecule has 1 aromatic carbocycles. The smallest absolute Gasteiger partial charge is 0.163 e. The minimum atomic E-state index is 0.613. The Morgan fingerprint density at radius 3 is 2.39 bits per heavy atom. The van der Waals surface area contributed by atoms with Gasteiger partial charge in [0.25, 0.3) is 0 Å². The molecule has 0 radical (unpaired) electrons. The summed E-state index contributed by atoms with van der Waals surface area (Å²) < 4.78 is 11.1. The number of fused-ring (bicyclic) bond motifs is 1. The normalized spacial score (nSPS) is 19.8. The molecule has 1 aliphatic carbocycles. The fraction of sp³-hybridized carbons (Fsp3) is 0.571. The molecule has 1 fully saturated rings. The van der Waals surface area contributed by atoms with Gasteiger partial charge in [-0.1, -0.05) is 19.3 Å². The summed E-state index contributed by atoms with van der Waals surface area (Å²) in [7, 11) is 0. The standard InChI is InChI=1S/C14H19NO2S/c15-11-8-12-13(17-7-6-16-12)9-14(11)18-10-4-2-1-3-5-10/h8-10H,1-7,15H2. The summed E-state index contributed by atoms with van der Waals surface area (Å²) in [5.41, 5.74) is 6.92. The SMILES string of the molecule is Nc1cc2c(cc1SC1CCCCC1)OCCO2. The van der Waals surface area contributed by atoms with Gasteiger partial charge in [-0.25, -0.2) is 0 Å². The first-order valence-corrected chi connectivity index (χ1v) is 7.56. The van der Waals surface area contributed by atoms with Crippen LogP contribution in [0.4, 0.5) is 5.69 Å². The van der Waals surface area contributed by atoms with Crippen molar-refractivity contribution in [3.05, 3.63) is 12.1 Å². The summed E-state index contributed by atoms with van der Waals surface area (Å²) in [4.78, 5) is 1.14. The summed E-state index contributed by atoms with van der Waals surface area (Å²) in [6.07, 6.45) is 6.69. The molecule has 1 saturated carbocycles. The van der Waals surface area contributed by atoms with Crippen LogP contribution in [-0.2, 0) is 0 Å². The average molecular weight is 265 g/mol. The molecule has 1 aliphatic heterocycles. The molecule has 2 aliphatic rings. The molecule has 4 heteroatoms.